The molecule has 3 aromatic carbocycles. The van der Waals surface area contributed by atoms with Crippen molar-refractivity contribution >= 4 is 34.1 Å². The summed E-state index contributed by atoms with van der Waals surface area (Å²) in [7, 11) is 0. The zero-order valence-electron chi connectivity index (χ0n) is 14.7. The number of aryl methyl sites for hydroxylation is 1. The lowest BCUT2D eigenvalue weighted by Crippen LogP contribution is -2.12. The number of nitrogens with zero attached hydrogens (tertiary/aromatic N) is 2. The van der Waals surface area contributed by atoms with E-state index in [0.29, 0.717) is 17.9 Å². The highest BCUT2D eigenvalue weighted by Crippen LogP contribution is 2.21. The van der Waals surface area contributed by atoms with Crippen molar-refractivity contribution in [1.29, 1.82) is 0 Å². The minimum Gasteiger partial charge on any atom is -0.487 e. The normalized spacial score (nSPS) is 10.7. The minimum absolute atomic E-state index is 0.178. The fraction of sp³-hybridized carbons (Fsp3) is 0.0952. The molecule has 0 atom stereocenters. The van der Waals surface area contributed by atoms with Crippen molar-refractivity contribution in [3.05, 3.63) is 83.7 Å². The summed E-state index contributed by atoms with van der Waals surface area (Å²) in [5.41, 5.74) is 2.97. The summed E-state index contributed by atoms with van der Waals surface area (Å²) in [5.74, 6) is 0.441. The maximum atomic E-state index is 12.6. The molecule has 0 saturated heterocycles. The smallest absolute Gasteiger partial charge is 0.255 e. The van der Waals surface area contributed by atoms with Crippen LogP contribution in [0.1, 0.15) is 21.7 Å². The highest BCUT2D eigenvalue weighted by atomic mass is 32.1. The molecule has 0 fully saturated rings. The van der Waals surface area contributed by atoms with E-state index < -0.39 is 0 Å². The number of ether oxygens (including phenoxy) is 1. The summed E-state index contributed by atoms with van der Waals surface area (Å²) < 4.78 is 14.1. The van der Waals surface area contributed by atoms with E-state index in [4.69, 9.17) is 4.74 Å². The molecule has 0 aliphatic rings. The maximum absolute atomic E-state index is 12.6. The van der Waals surface area contributed by atoms with Gasteiger partial charge >= 0.3 is 0 Å². The molecule has 0 unspecified atom stereocenters. The Morgan fingerprint density at radius 3 is 2.67 bits per heavy atom. The van der Waals surface area contributed by atoms with Crippen molar-refractivity contribution in [1.82, 2.24) is 8.75 Å². The van der Waals surface area contributed by atoms with E-state index >= 15 is 0 Å². The Morgan fingerprint density at radius 1 is 1.00 bits per heavy atom. The van der Waals surface area contributed by atoms with Crippen molar-refractivity contribution in [2.75, 3.05) is 5.32 Å². The van der Waals surface area contributed by atoms with Crippen LogP contribution in [-0.2, 0) is 6.61 Å². The number of amides is 1. The molecule has 0 saturated carbocycles. The molecular formula is C21H17N3O2S. The van der Waals surface area contributed by atoms with Gasteiger partial charge in [0.1, 0.15) is 18.1 Å². The van der Waals surface area contributed by atoms with Gasteiger partial charge in [-0.1, -0.05) is 36.4 Å². The molecule has 0 bridgehead atoms. The fourth-order valence-corrected chi connectivity index (χ4v) is 3.28. The van der Waals surface area contributed by atoms with Crippen molar-refractivity contribution in [3.8, 4) is 5.75 Å². The first-order valence-corrected chi connectivity index (χ1v) is 9.23. The number of carbonyl (C=O) groups excluding carboxylic acids is 1. The average molecular weight is 375 g/mol. The highest BCUT2D eigenvalue weighted by Gasteiger charge is 2.09. The largest absolute Gasteiger partial charge is 0.487 e. The van der Waals surface area contributed by atoms with Gasteiger partial charge in [0, 0.05) is 11.3 Å². The van der Waals surface area contributed by atoms with Crippen LogP contribution in [0.3, 0.4) is 0 Å². The molecule has 5 nitrogen and oxygen atoms in total. The first-order valence-electron chi connectivity index (χ1n) is 8.50. The van der Waals surface area contributed by atoms with Crippen LogP contribution < -0.4 is 10.1 Å². The van der Waals surface area contributed by atoms with Crippen LogP contribution in [0.4, 0.5) is 5.69 Å². The third-order valence-corrected chi connectivity index (χ3v) is 4.88. The van der Waals surface area contributed by atoms with Crippen LogP contribution in [0.2, 0.25) is 0 Å². The molecule has 27 heavy (non-hydrogen) atoms. The molecular weight excluding hydrogens is 358 g/mol. The van der Waals surface area contributed by atoms with E-state index in [1.165, 1.54) is 11.7 Å². The topological polar surface area (TPSA) is 64.1 Å². The van der Waals surface area contributed by atoms with Crippen molar-refractivity contribution < 1.29 is 9.53 Å². The molecule has 1 aromatic heterocycles. The van der Waals surface area contributed by atoms with Gasteiger partial charge in [-0.2, -0.15) is 8.75 Å². The Hall–Kier alpha value is -3.25. The molecule has 0 radical (unpaired) electrons. The van der Waals surface area contributed by atoms with Gasteiger partial charge < -0.3 is 10.1 Å². The first kappa shape index (κ1) is 17.2. The fourth-order valence-electron chi connectivity index (χ4n) is 2.73. The first-order chi connectivity index (χ1) is 13.2. The van der Waals surface area contributed by atoms with Gasteiger partial charge in [-0.25, -0.2) is 0 Å². The Labute approximate surface area is 161 Å². The zero-order chi connectivity index (χ0) is 18.6. The molecule has 0 aliphatic carbocycles. The molecule has 1 heterocycles. The highest BCUT2D eigenvalue weighted by molar-refractivity contribution is 6.99. The lowest BCUT2D eigenvalue weighted by molar-refractivity contribution is 0.102. The van der Waals surface area contributed by atoms with E-state index in [-0.39, 0.29) is 5.91 Å². The minimum atomic E-state index is -0.178. The summed E-state index contributed by atoms with van der Waals surface area (Å²) in [6.45, 7) is 2.23. The number of aromatic nitrogens is 2. The Kier molecular flexibility index (Phi) is 4.80. The second kappa shape index (κ2) is 7.55. The maximum Gasteiger partial charge on any atom is 0.255 e. The van der Waals surface area contributed by atoms with Crippen LogP contribution >= 0.6 is 11.7 Å². The Morgan fingerprint density at radius 2 is 1.85 bits per heavy atom. The average Bonchev–Trinajstić information content (AvgIpc) is 3.11. The SMILES string of the molecule is Cc1nsnc1COc1cccc(C(=O)Nc2ccc3ccccc3c2)c1. The summed E-state index contributed by atoms with van der Waals surface area (Å²) in [6, 6.07) is 21.0. The van der Waals surface area contributed by atoms with Crippen molar-refractivity contribution in [2.24, 2.45) is 0 Å². The summed E-state index contributed by atoms with van der Waals surface area (Å²) in [5, 5.41) is 5.16. The number of hydrogen-bond donors (Lipinski definition) is 1. The Bertz CT molecular complexity index is 1110. The molecule has 4 aromatic rings. The standard InChI is InChI=1S/C21H17N3O2S/c1-14-20(24-27-23-14)13-26-19-8-4-7-17(12-19)21(25)22-18-10-9-15-5-2-3-6-16(15)11-18/h2-12H,13H2,1H3,(H,22,25). The number of anilines is 1. The van der Waals surface area contributed by atoms with Crippen LogP contribution in [0.5, 0.6) is 5.75 Å². The molecule has 6 heteroatoms. The number of nitrogens with one attached hydrogen (secondary N) is 1. The predicted octanol–water partition coefficient (Wildman–Crippen LogP) is 4.83. The quantitative estimate of drug-likeness (QED) is 0.543. The number of benzene rings is 3. The van der Waals surface area contributed by atoms with Crippen LogP contribution in [0.25, 0.3) is 10.8 Å². The van der Waals surface area contributed by atoms with Crippen molar-refractivity contribution in [3.63, 3.8) is 0 Å². The number of fused-ring (bicyclic) bond motifs is 1. The summed E-state index contributed by atoms with van der Waals surface area (Å²) in [4.78, 5) is 12.6. The Balaban J connectivity index is 1.47. The number of hydrogen-bond acceptors (Lipinski definition) is 5. The lowest BCUT2D eigenvalue weighted by atomic mass is 10.1. The number of carbonyl (C=O) groups is 1. The van der Waals surface area contributed by atoms with Gasteiger partial charge in [0.15, 0.2) is 0 Å². The molecule has 4 rings (SSSR count). The predicted molar refractivity (Wildman–Crippen MR) is 107 cm³/mol. The van der Waals surface area contributed by atoms with E-state index in [1.807, 2.05) is 55.5 Å². The zero-order valence-corrected chi connectivity index (χ0v) is 15.5. The second-order valence-electron chi connectivity index (χ2n) is 6.13. The van der Waals surface area contributed by atoms with Gasteiger partial charge in [0.2, 0.25) is 0 Å². The molecule has 134 valence electrons. The van der Waals surface area contributed by atoms with E-state index in [0.717, 1.165) is 27.8 Å². The molecule has 0 spiro atoms. The van der Waals surface area contributed by atoms with E-state index in [9.17, 15) is 4.79 Å². The molecule has 1 amide bonds. The molecule has 0 aliphatic heterocycles. The monoisotopic (exact) mass is 375 g/mol. The van der Waals surface area contributed by atoms with Gasteiger partial charge in [0.25, 0.3) is 5.91 Å². The van der Waals surface area contributed by atoms with E-state index in [1.54, 1.807) is 18.2 Å². The summed E-state index contributed by atoms with van der Waals surface area (Å²) >= 11 is 1.17. The van der Waals surface area contributed by atoms with Crippen LogP contribution in [0.15, 0.2) is 66.7 Å². The van der Waals surface area contributed by atoms with Crippen molar-refractivity contribution in [2.45, 2.75) is 13.5 Å². The van der Waals surface area contributed by atoms with Crippen LogP contribution in [0, 0.1) is 6.92 Å². The van der Waals surface area contributed by atoms with Gasteiger partial charge in [0.05, 0.1) is 17.4 Å². The summed E-state index contributed by atoms with van der Waals surface area (Å²) in [6.07, 6.45) is 0. The third kappa shape index (κ3) is 3.96. The number of rotatable bonds is 5. The lowest BCUT2D eigenvalue weighted by Gasteiger charge is -2.09. The van der Waals surface area contributed by atoms with Gasteiger partial charge in [-0.3, -0.25) is 4.79 Å². The molecule has 1 N–H and O–H groups in total. The van der Waals surface area contributed by atoms with E-state index in [2.05, 4.69) is 14.1 Å². The second-order valence-corrected chi connectivity index (χ2v) is 6.66. The van der Waals surface area contributed by atoms with Gasteiger partial charge in [-0.05, 0) is 48.0 Å². The van der Waals surface area contributed by atoms with Crippen LogP contribution in [-0.4, -0.2) is 14.7 Å². The van der Waals surface area contributed by atoms with Gasteiger partial charge in [-0.15, -0.1) is 0 Å². The third-order valence-electron chi connectivity index (χ3n) is 4.23.